The molecule has 112 valence electrons. The average molecular weight is 324 g/mol. The van der Waals surface area contributed by atoms with Gasteiger partial charge in [0.05, 0.1) is 12.6 Å². The van der Waals surface area contributed by atoms with Crippen molar-refractivity contribution in [1.29, 1.82) is 0 Å². The molecule has 0 saturated carbocycles. The molecule has 5 nitrogen and oxygen atoms in total. The van der Waals surface area contributed by atoms with Gasteiger partial charge in [-0.25, -0.2) is 0 Å². The van der Waals surface area contributed by atoms with Crippen LogP contribution in [0.1, 0.15) is 23.0 Å². The fourth-order valence-corrected chi connectivity index (χ4v) is 3.05. The van der Waals surface area contributed by atoms with E-state index in [4.69, 9.17) is 0 Å². The fraction of sp³-hybridized carbons (Fsp3) is 0.286. The summed E-state index contributed by atoms with van der Waals surface area (Å²) >= 11 is 3.03. The Bertz CT molecular complexity index is 567. The number of aliphatic hydroxyl groups excluding tert-OH is 1. The van der Waals surface area contributed by atoms with Crippen molar-refractivity contribution in [2.75, 3.05) is 6.54 Å². The molecular weight excluding hydrogens is 308 g/mol. The number of hydrogen-bond donors (Lipinski definition) is 3. The molecule has 0 unspecified atom stereocenters. The van der Waals surface area contributed by atoms with Crippen LogP contribution >= 0.6 is 22.7 Å². The molecule has 0 bridgehead atoms. The van der Waals surface area contributed by atoms with Gasteiger partial charge in [0.25, 0.3) is 0 Å². The van der Waals surface area contributed by atoms with Crippen LogP contribution in [0.25, 0.3) is 0 Å². The van der Waals surface area contributed by atoms with E-state index < -0.39 is 17.9 Å². The normalized spacial score (nSPS) is 11.9. The third kappa shape index (κ3) is 4.96. The Morgan fingerprint density at radius 2 is 2.00 bits per heavy atom. The standard InChI is InChI=1S/C14H16N2O3S2/c17-12(10-4-7-20-9-10)3-5-15-13(18)14(19)16-8-11-2-1-6-21-11/h1-2,4,6-7,9,12,17H,3,5,8H2,(H,15,18)(H,16,19)/t12-/m0/s1. The molecule has 0 aliphatic heterocycles. The molecule has 1 atom stereocenters. The largest absolute Gasteiger partial charge is 0.388 e. The SMILES string of the molecule is O=C(NCC[C@H](O)c1ccsc1)C(=O)NCc1cccs1. The van der Waals surface area contributed by atoms with E-state index in [0.717, 1.165) is 10.4 Å². The minimum Gasteiger partial charge on any atom is -0.388 e. The van der Waals surface area contributed by atoms with Crippen molar-refractivity contribution in [3.8, 4) is 0 Å². The van der Waals surface area contributed by atoms with Crippen LogP contribution in [0.3, 0.4) is 0 Å². The predicted molar refractivity (Wildman–Crippen MR) is 83.1 cm³/mol. The smallest absolute Gasteiger partial charge is 0.309 e. The third-order valence-corrected chi connectivity index (χ3v) is 4.42. The minimum atomic E-state index is -0.677. The fourth-order valence-electron chi connectivity index (χ4n) is 1.69. The predicted octanol–water partition coefficient (Wildman–Crippen LogP) is 1.67. The molecule has 0 fully saturated rings. The summed E-state index contributed by atoms with van der Waals surface area (Å²) in [5, 5.41) is 20.6. The van der Waals surface area contributed by atoms with Gasteiger partial charge >= 0.3 is 11.8 Å². The first-order valence-corrected chi connectivity index (χ1v) is 8.27. The quantitative estimate of drug-likeness (QED) is 0.707. The van der Waals surface area contributed by atoms with Crippen LogP contribution in [0.2, 0.25) is 0 Å². The summed E-state index contributed by atoms with van der Waals surface area (Å²) < 4.78 is 0. The Labute approximate surface area is 130 Å². The van der Waals surface area contributed by atoms with Gasteiger partial charge < -0.3 is 15.7 Å². The van der Waals surface area contributed by atoms with Gasteiger partial charge in [-0.2, -0.15) is 11.3 Å². The lowest BCUT2D eigenvalue weighted by Gasteiger charge is -2.09. The highest BCUT2D eigenvalue weighted by molar-refractivity contribution is 7.09. The van der Waals surface area contributed by atoms with Crippen molar-refractivity contribution >= 4 is 34.5 Å². The monoisotopic (exact) mass is 324 g/mol. The van der Waals surface area contributed by atoms with Gasteiger partial charge in [-0.05, 0) is 40.3 Å². The van der Waals surface area contributed by atoms with Crippen molar-refractivity contribution in [2.45, 2.75) is 19.1 Å². The van der Waals surface area contributed by atoms with Crippen molar-refractivity contribution < 1.29 is 14.7 Å². The van der Waals surface area contributed by atoms with E-state index in [1.54, 1.807) is 0 Å². The van der Waals surface area contributed by atoms with Crippen molar-refractivity contribution in [2.24, 2.45) is 0 Å². The topological polar surface area (TPSA) is 78.4 Å². The summed E-state index contributed by atoms with van der Waals surface area (Å²) in [6.45, 7) is 0.601. The molecule has 0 radical (unpaired) electrons. The molecule has 2 heterocycles. The Hall–Kier alpha value is -1.70. The molecule has 2 aromatic heterocycles. The second-order valence-electron chi connectivity index (χ2n) is 4.38. The maximum atomic E-state index is 11.6. The molecular formula is C14H16N2O3S2. The highest BCUT2D eigenvalue weighted by Crippen LogP contribution is 2.18. The molecule has 0 aliphatic carbocycles. The highest BCUT2D eigenvalue weighted by Gasteiger charge is 2.14. The number of rotatable bonds is 6. The Morgan fingerprint density at radius 3 is 2.67 bits per heavy atom. The number of carbonyl (C=O) groups excluding carboxylic acids is 2. The molecule has 3 N–H and O–H groups in total. The van der Waals surface area contributed by atoms with Crippen LogP contribution < -0.4 is 10.6 Å². The molecule has 7 heteroatoms. The van der Waals surface area contributed by atoms with E-state index in [2.05, 4.69) is 10.6 Å². The van der Waals surface area contributed by atoms with Gasteiger partial charge in [0, 0.05) is 11.4 Å². The van der Waals surface area contributed by atoms with E-state index in [1.807, 2.05) is 34.3 Å². The lowest BCUT2D eigenvalue weighted by molar-refractivity contribution is -0.139. The van der Waals surface area contributed by atoms with Crippen LogP contribution in [0, 0.1) is 0 Å². The molecule has 21 heavy (non-hydrogen) atoms. The average Bonchev–Trinajstić information content (AvgIpc) is 3.17. The van der Waals surface area contributed by atoms with E-state index in [0.29, 0.717) is 13.0 Å². The number of amides is 2. The van der Waals surface area contributed by atoms with E-state index in [1.165, 1.54) is 22.7 Å². The Kier molecular flexibility index (Phi) is 5.91. The van der Waals surface area contributed by atoms with Crippen LogP contribution in [0.4, 0.5) is 0 Å². The second-order valence-corrected chi connectivity index (χ2v) is 6.19. The number of aliphatic hydroxyl groups is 1. The summed E-state index contributed by atoms with van der Waals surface area (Å²) in [4.78, 5) is 24.1. The molecule has 0 aromatic carbocycles. The summed E-state index contributed by atoms with van der Waals surface area (Å²) in [7, 11) is 0. The number of nitrogens with one attached hydrogen (secondary N) is 2. The molecule has 2 rings (SSSR count). The zero-order valence-electron chi connectivity index (χ0n) is 11.2. The zero-order chi connectivity index (χ0) is 15.1. The first-order valence-electron chi connectivity index (χ1n) is 6.45. The van der Waals surface area contributed by atoms with E-state index >= 15 is 0 Å². The maximum Gasteiger partial charge on any atom is 0.309 e. The number of hydrogen-bond acceptors (Lipinski definition) is 5. The zero-order valence-corrected chi connectivity index (χ0v) is 12.9. The lowest BCUT2D eigenvalue weighted by Crippen LogP contribution is -2.40. The Balaban J connectivity index is 1.65. The molecule has 0 aliphatic rings. The maximum absolute atomic E-state index is 11.6. The third-order valence-electron chi connectivity index (χ3n) is 2.84. The Morgan fingerprint density at radius 1 is 1.19 bits per heavy atom. The van der Waals surface area contributed by atoms with Crippen LogP contribution in [-0.4, -0.2) is 23.5 Å². The first-order chi connectivity index (χ1) is 10.2. The summed E-state index contributed by atoms with van der Waals surface area (Å²) in [5.74, 6) is -1.34. The van der Waals surface area contributed by atoms with Gasteiger partial charge in [-0.15, -0.1) is 11.3 Å². The van der Waals surface area contributed by atoms with Gasteiger partial charge in [-0.3, -0.25) is 9.59 Å². The van der Waals surface area contributed by atoms with Gasteiger partial charge in [0.15, 0.2) is 0 Å². The van der Waals surface area contributed by atoms with Crippen LogP contribution in [-0.2, 0) is 16.1 Å². The van der Waals surface area contributed by atoms with E-state index in [9.17, 15) is 14.7 Å². The van der Waals surface area contributed by atoms with Crippen molar-refractivity contribution in [1.82, 2.24) is 10.6 Å². The van der Waals surface area contributed by atoms with Crippen molar-refractivity contribution in [3.05, 3.63) is 44.8 Å². The second kappa shape index (κ2) is 7.92. The summed E-state index contributed by atoms with van der Waals surface area (Å²) in [6.07, 6.45) is -0.244. The summed E-state index contributed by atoms with van der Waals surface area (Å²) in [6, 6.07) is 5.61. The van der Waals surface area contributed by atoms with Gasteiger partial charge in [0.2, 0.25) is 0 Å². The van der Waals surface area contributed by atoms with Crippen molar-refractivity contribution in [3.63, 3.8) is 0 Å². The first kappa shape index (κ1) is 15.7. The van der Waals surface area contributed by atoms with Crippen LogP contribution in [0.5, 0.6) is 0 Å². The van der Waals surface area contributed by atoms with Gasteiger partial charge in [0.1, 0.15) is 0 Å². The molecule has 2 amide bonds. The summed E-state index contributed by atoms with van der Waals surface area (Å²) in [5.41, 5.74) is 0.830. The number of thiophene rings is 2. The minimum absolute atomic E-state index is 0.252. The lowest BCUT2D eigenvalue weighted by atomic mass is 10.1. The van der Waals surface area contributed by atoms with E-state index in [-0.39, 0.29) is 6.54 Å². The highest BCUT2D eigenvalue weighted by atomic mass is 32.1. The van der Waals surface area contributed by atoms with Crippen LogP contribution in [0.15, 0.2) is 34.3 Å². The molecule has 0 saturated heterocycles. The number of carbonyl (C=O) groups is 2. The van der Waals surface area contributed by atoms with Gasteiger partial charge in [-0.1, -0.05) is 6.07 Å². The molecule has 2 aromatic rings. The molecule has 0 spiro atoms.